The smallest absolute Gasteiger partial charge is 0.251 e. The molecule has 1 saturated carbocycles. The maximum Gasteiger partial charge on any atom is 0.251 e. The summed E-state index contributed by atoms with van der Waals surface area (Å²) in [4.78, 5) is 1.86. The second kappa shape index (κ2) is 3.67. The van der Waals surface area contributed by atoms with Crippen LogP contribution in [0.4, 0.5) is 14.5 Å². The van der Waals surface area contributed by atoms with Gasteiger partial charge in [0.25, 0.3) is 6.43 Å². The van der Waals surface area contributed by atoms with Crippen LogP contribution in [0.2, 0.25) is 0 Å². The lowest BCUT2D eigenvalue weighted by Crippen LogP contribution is -2.40. The third-order valence-electron chi connectivity index (χ3n) is 3.87. The molecule has 2 N–H and O–H groups in total. The molecule has 4 heteroatoms. The van der Waals surface area contributed by atoms with Crippen LogP contribution in [0.15, 0.2) is 18.2 Å². The Labute approximate surface area is 99.4 Å². The van der Waals surface area contributed by atoms with E-state index in [9.17, 15) is 8.78 Å². The predicted molar refractivity (Wildman–Crippen MR) is 63.0 cm³/mol. The molecule has 3 rings (SSSR count). The third kappa shape index (κ3) is 1.90. The zero-order chi connectivity index (χ0) is 12.0. The number of rotatable bonds is 2. The highest BCUT2D eigenvalue weighted by atomic mass is 19.3. The molecule has 1 spiro atoms. The molecule has 1 heterocycles. The molecular weight excluding hydrogens is 222 g/mol. The minimum Gasteiger partial charge on any atom is -0.399 e. The average molecular weight is 238 g/mol. The molecule has 1 aromatic carbocycles. The van der Waals surface area contributed by atoms with Gasteiger partial charge in [0.15, 0.2) is 0 Å². The summed E-state index contributed by atoms with van der Waals surface area (Å²) in [7, 11) is 0. The van der Waals surface area contributed by atoms with Crippen LogP contribution in [-0.4, -0.2) is 24.4 Å². The summed E-state index contributed by atoms with van der Waals surface area (Å²) in [6.45, 7) is 1.25. The maximum atomic E-state index is 12.5. The van der Waals surface area contributed by atoms with Crippen molar-refractivity contribution in [3.05, 3.63) is 29.3 Å². The van der Waals surface area contributed by atoms with Crippen molar-refractivity contribution in [1.82, 2.24) is 4.90 Å². The van der Waals surface area contributed by atoms with E-state index < -0.39 is 6.43 Å². The Morgan fingerprint density at radius 3 is 2.76 bits per heavy atom. The summed E-state index contributed by atoms with van der Waals surface area (Å²) in [5.74, 6) is 0. The molecule has 1 aromatic rings. The fourth-order valence-corrected chi connectivity index (χ4v) is 2.97. The van der Waals surface area contributed by atoms with Crippen LogP contribution in [0.5, 0.6) is 0 Å². The average Bonchev–Trinajstić information content (AvgIpc) is 2.96. The number of nitrogens with two attached hydrogens (primary N) is 1. The first kappa shape index (κ1) is 11.0. The summed E-state index contributed by atoms with van der Waals surface area (Å²) in [5, 5.41) is 0. The van der Waals surface area contributed by atoms with Gasteiger partial charge >= 0.3 is 0 Å². The van der Waals surface area contributed by atoms with E-state index in [0.29, 0.717) is 6.54 Å². The summed E-state index contributed by atoms with van der Waals surface area (Å²) < 4.78 is 25.0. The molecular formula is C13H16F2N2. The number of alkyl halides is 2. The Hall–Kier alpha value is -1.16. The van der Waals surface area contributed by atoms with Gasteiger partial charge in [-0.3, -0.25) is 4.90 Å². The topological polar surface area (TPSA) is 29.3 Å². The molecule has 0 amide bonds. The van der Waals surface area contributed by atoms with E-state index in [4.69, 9.17) is 5.73 Å². The molecule has 0 unspecified atom stereocenters. The van der Waals surface area contributed by atoms with Crippen molar-refractivity contribution in [2.45, 2.75) is 31.2 Å². The molecule has 0 atom stereocenters. The van der Waals surface area contributed by atoms with Crippen molar-refractivity contribution >= 4 is 5.69 Å². The van der Waals surface area contributed by atoms with Crippen LogP contribution >= 0.6 is 0 Å². The second-order valence-electron chi connectivity index (χ2n) is 5.26. The number of nitrogen functional groups attached to an aromatic ring is 1. The van der Waals surface area contributed by atoms with Gasteiger partial charge < -0.3 is 5.73 Å². The SMILES string of the molecule is Nc1ccc2c(c1)CN(CC(F)F)CC21CC1. The molecule has 0 saturated heterocycles. The van der Waals surface area contributed by atoms with Crippen LogP contribution in [0, 0.1) is 0 Å². The molecule has 0 bridgehead atoms. The standard InChI is InChI=1S/C13H16F2N2/c14-12(15)7-17-6-9-5-10(16)1-2-11(9)13(8-17)3-4-13/h1-2,5,12H,3-4,6-8,16H2. The fourth-order valence-electron chi connectivity index (χ4n) is 2.97. The van der Waals surface area contributed by atoms with Crippen molar-refractivity contribution in [1.29, 1.82) is 0 Å². The largest absolute Gasteiger partial charge is 0.399 e. The van der Waals surface area contributed by atoms with Crippen molar-refractivity contribution in [3.8, 4) is 0 Å². The van der Waals surface area contributed by atoms with Gasteiger partial charge in [0.05, 0.1) is 6.54 Å². The highest BCUT2D eigenvalue weighted by Gasteiger charge is 2.49. The number of hydrogen-bond acceptors (Lipinski definition) is 2. The quantitative estimate of drug-likeness (QED) is 0.801. The van der Waals surface area contributed by atoms with E-state index in [1.54, 1.807) is 0 Å². The monoisotopic (exact) mass is 238 g/mol. The van der Waals surface area contributed by atoms with Crippen molar-refractivity contribution in [2.75, 3.05) is 18.8 Å². The van der Waals surface area contributed by atoms with Gasteiger partial charge in [-0.1, -0.05) is 6.07 Å². The second-order valence-corrected chi connectivity index (χ2v) is 5.26. The molecule has 92 valence electrons. The fraction of sp³-hybridized carbons (Fsp3) is 0.538. The number of hydrogen-bond donors (Lipinski definition) is 1. The molecule has 17 heavy (non-hydrogen) atoms. The Bertz CT molecular complexity index is 441. The molecule has 2 aliphatic rings. The zero-order valence-corrected chi connectivity index (χ0v) is 9.63. The number of benzene rings is 1. The van der Waals surface area contributed by atoms with Gasteiger partial charge in [0.1, 0.15) is 0 Å². The maximum absolute atomic E-state index is 12.5. The van der Waals surface area contributed by atoms with Gasteiger partial charge in [-0.25, -0.2) is 8.78 Å². The Morgan fingerprint density at radius 1 is 1.35 bits per heavy atom. The number of anilines is 1. The van der Waals surface area contributed by atoms with Crippen LogP contribution in [0.1, 0.15) is 24.0 Å². The lowest BCUT2D eigenvalue weighted by atomic mass is 9.86. The predicted octanol–water partition coefficient (Wildman–Crippen LogP) is 2.38. The Balaban J connectivity index is 1.92. The summed E-state index contributed by atoms with van der Waals surface area (Å²) in [6, 6.07) is 5.94. The van der Waals surface area contributed by atoms with Crippen molar-refractivity contribution in [2.24, 2.45) is 0 Å². The molecule has 0 radical (unpaired) electrons. The van der Waals surface area contributed by atoms with Crippen molar-refractivity contribution < 1.29 is 8.78 Å². The van der Waals surface area contributed by atoms with Crippen molar-refractivity contribution in [3.63, 3.8) is 0 Å². The molecule has 2 nitrogen and oxygen atoms in total. The van der Waals surface area contributed by atoms with E-state index in [2.05, 4.69) is 6.07 Å². The molecule has 1 aliphatic heterocycles. The lowest BCUT2D eigenvalue weighted by molar-refractivity contribution is 0.0749. The lowest BCUT2D eigenvalue weighted by Gasteiger charge is -2.35. The Morgan fingerprint density at radius 2 is 2.12 bits per heavy atom. The molecule has 0 aromatic heterocycles. The normalized spacial score (nSPS) is 21.8. The molecule has 1 fully saturated rings. The first-order valence-corrected chi connectivity index (χ1v) is 5.98. The van der Waals surface area contributed by atoms with Gasteiger partial charge in [-0.15, -0.1) is 0 Å². The molecule has 1 aliphatic carbocycles. The minimum absolute atomic E-state index is 0.129. The van der Waals surface area contributed by atoms with Crippen LogP contribution < -0.4 is 5.73 Å². The highest BCUT2D eigenvalue weighted by Crippen LogP contribution is 2.52. The third-order valence-corrected chi connectivity index (χ3v) is 3.87. The van der Waals surface area contributed by atoms with Gasteiger partial charge in [-0.05, 0) is 36.1 Å². The van der Waals surface area contributed by atoms with Crippen LogP contribution in [0.3, 0.4) is 0 Å². The Kier molecular flexibility index (Phi) is 2.36. The van der Waals surface area contributed by atoms with Gasteiger partial charge in [-0.2, -0.15) is 0 Å². The first-order chi connectivity index (χ1) is 8.09. The van der Waals surface area contributed by atoms with E-state index in [0.717, 1.165) is 30.6 Å². The van der Waals surface area contributed by atoms with Crippen LogP contribution in [-0.2, 0) is 12.0 Å². The number of nitrogens with zero attached hydrogens (tertiary/aromatic N) is 1. The van der Waals surface area contributed by atoms with E-state index >= 15 is 0 Å². The number of halogens is 2. The van der Waals surface area contributed by atoms with Crippen LogP contribution in [0.25, 0.3) is 0 Å². The highest BCUT2D eigenvalue weighted by molar-refractivity contribution is 5.50. The summed E-state index contributed by atoms with van der Waals surface area (Å²) >= 11 is 0. The minimum atomic E-state index is -2.26. The van der Waals surface area contributed by atoms with Gasteiger partial charge in [0, 0.05) is 24.2 Å². The van der Waals surface area contributed by atoms with Gasteiger partial charge in [0.2, 0.25) is 0 Å². The van der Waals surface area contributed by atoms with E-state index in [1.807, 2.05) is 17.0 Å². The summed E-state index contributed by atoms with van der Waals surface area (Å²) in [5.41, 5.74) is 9.11. The first-order valence-electron chi connectivity index (χ1n) is 5.98. The van der Waals surface area contributed by atoms with E-state index in [-0.39, 0.29) is 12.0 Å². The zero-order valence-electron chi connectivity index (χ0n) is 9.63. The number of fused-ring (bicyclic) bond motifs is 2. The van der Waals surface area contributed by atoms with E-state index in [1.165, 1.54) is 5.56 Å². The summed E-state index contributed by atoms with van der Waals surface area (Å²) in [6.07, 6.45) is -0.0266.